The van der Waals surface area contributed by atoms with Crippen molar-refractivity contribution < 1.29 is 4.79 Å². The van der Waals surface area contributed by atoms with Gasteiger partial charge in [-0.3, -0.25) is 4.79 Å². The van der Waals surface area contributed by atoms with Crippen LogP contribution in [-0.4, -0.2) is 16.4 Å². The van der Waals surface area contributed by atoms with Gasteiger partial charge in [0.1, 0.15) is 0 Å². The number of aryl methyl sites for hydroxylation is 1. The van der Waals surface area contributed by atoms with Gasteiger partial charge in [0, 0.05) is 10.4 Å². The zero-order valence-electron chi connectivity index (χ0n) is 12.1. The summed E-state index contributed by atoms with van der Waals surface area (Å²) in [6.45, 7) is 6.40. The van der Waals surface area contributed by atoms with Crippen LogP contribution in [0.5, 0.6) is 0 Å². The molecule has 0 fully saturated rings. The van der Waals surface area contributed by atoms with Gasteiger partial charge in [-0.15, -0.1) is 11.8 Å². The lowest BCUT2D eigenvalue weighted by atomic mass is 9.90. The molecule has 0 atom stereocenters. The number of hydrogen-bond acceptors (Lipinski definition) is 2. The van der Waals surface area contributed by atoms with E-state index in [1.807, 2.05) is 6.07 Å². The summed E-state index contributed by atoms with van der Waals surface area (Å²) >= 11 is 1.69. The van der Waals surface area contributed by atoms with Gasteiger partial charge in [-0.25, -0.2) is 0 Å². The summed E-state index contributed by atoms with van der Waals surface area (Å²) in [6, 6.07) is 6.27. The highest BCUT2D eigenvalue weighted by molar-refractivity contribution is 8.01. The lowest BCUT2D eigenvalue weighted by Gasteiger charge is -2.20. The smallest absolute Gasteiger partial charge is 0.234 e. The molecule has 1 amide bonds. The maximum absolute atomic E-state index is 12.0. The number of carbonyl (C=O) groups excluding carboxylic acids is 1. The zero-order valence-corrected chi connectivity index (χ0v) is 12.9. The Bertz CT molecular complexity index is 462. The van der Waals surface area contributed by atoms with Crippen LogP contribution in [-0.2, 0) is 17.6 Å². The van der Waals surface area contributed by atoms with Gasteiger partial charge >= 0.3 is 0 Å². The number of carbonyl (C=O) groups is 1. The average molecular weight is 277 g/mol. The highest BCUT2D eigenvalue weighted by Gasteiger charge is 2.16. The van der Waals surface area contributed by atoms with Gasteiger partial charge in [0.15, 0.2) is 0 Å². The highest BCUT2D eigenvalue weighted by atomic mass is 32.2. The Morgan fingerprint density at radius 2 is 2.00 bits per heavy atom. The van der Waals surface area contributed by atoms with Crippen LogP contribution in [0, 0.1) is 0 Å². The monoisotopic (exact) mass is 277 g/mol. The summed E-state index contributed by atoms with van der Waals surface area (Å²) in [6.07, 6.45) is 4.74. The fraction of sp³-hybridized carbons (Fsp3) is 0.562. The van der Waals surface area contributed by atoms with E-state index in [9.17, 15) is 4.79 Å². The molecule has 104 valence electrons. The number of anilines is 1. The molecule has 1 N–H and O–H groups in total. The molecule has 2 nitrogen and oxygen atoms in total. The predicted octanol–water partition coefficient (Wildman–Crippen LogP) is 4.04. The summed E-state index contributed by atoms with van der Waals surface area (Å²) in [5.74, 6) is 0.631. The Morgan fingerprint density at radius 1 is 1.26 bits per heavy atom. The fourth-order valence-electron chi connectivity index (χ4n) is 2.37. The molecule has 0 saturated carbocycles. The molecule has 3 heteroatoms. The van der Waals surface area contributed by atoms with Crippen molar-refractivity contribution in [3.05, 3.63) is 29.3 Å². The van der Waals surface area contributed by atoms with E-state index in [0.29, 0.717) is 5.75 Å². The molecule has 0 bridgehead atoms. The minimum Gasteiger partial charge on any atom is -0.325 e. The van der Waals surface area contributed by atoms with Crippen molar-refractivity contribution in [1.82, 2.24) is 0 Å². The fourth-order valence-corrected chi connectivity index (χ4v) is 3.00. The highest BCUT2D eigenvalue weighted by Crippen LogP contribution is 2.28. The minimum absolute atomic E-state index is 0.110. The number of thioether (sulfide) groups is 1. The molecule has 0 aromatic heterocycles. The lowest BCUT2D eigenvalue weighted by molar-refractivity contribution is -0.113. The second-order valence-corrected chi connectivity index (χ2v) is 7.90. The van der Waals surface area contributed by atoms with Crippen LogP contribution < -0.4 is 5.32 Å². The first-order valence-corrected chi connectivity index (χ1v) is 7.99. The zero-order chi connectivity index (χ0) is 13.9. The SMILES string of the molecule is CC(C)(C)SCC(=O)Nc1cccc2c1CCCC2. The number of rotatable bonds is 3. The van der Waals surface area contributed by atoms with E-state index in [1.54, 1.807) is 11.8 Å². The molecule has 1 aliphatic carbocycles. The first kappa shape index (κ1) is 14.4. The first-order valence-electron chi connectivity index (χ1n) is 7.00. The van der Waals surface area contributed by atoms with Crippen molar-refractivity contribution in [3.8, 4) is 0 Å². The predicted molar refractivity (Wildman–Crippen MR) is 83.9 cm³/mol. The Morgan fingerprint density at radius 3 is 2.74 bits per heavy atom. The van der Waals surface area contributed by atoms with Crippen molar-refractivity contribution in [3.63, 3.8) is 0 Å². The molecule has 1 aromatic carbocycles. The van der Waals surface area contributed by atoms with E-state index < -0.39 is 0 Å². The van der Waals surface area contributed by atoms with Crippen LogP contribution in [0.4, 0.5) is 5.69 Å². The third-order valence-electron chi connectivity index (χ3n) is 3.31. The summed E-state index contributed by atoms with van der Waals surface area (Å²) in [4.78, 5) is 12.0. The first-order chi connectivity index (χ1) is 8.96. The van der Waals surface area contributed by atoms with Gasteiger partial charge in [0.2, 0.25) is 5.91 Å². The minimum atomic E-state index is 0.110. The van der Waals surface area contributed by atoms with Crippen molar-refractivity contribution >= 4 is 23.4 Å². The van der Waals surface area contributed by atoms with Gasteiger partial charge in [-0.1, -0.05) is 32.9 Å². The Hall–Kier alpha value is -0.960. The second-order valence-electron chi connectivity index (χ2n) is 6.10. The number of hydrogen-bond donors (Lipinski definition) is 1. The molecule has 0 radical (unpaired) electrons. The Kier molecular flexibility index (Phi) is 4.56. The van der Waals surface area contributed by atoms with Crippen LogP contribution in [0.15, 0.2) is 18.2 Å². The van der Waals surface area contributed by atoms with Crippen LogP contribution in [0.1, 0.15) is 44.7 Å². The van der Waals surface area contributed by atoms with Crippen molar-refractivity contribution in [2.45, 2.75) is 51.2 Å². The van der Waals surface area contributed by atoms with Crippen molar-refractivity contribution in [1.29, 1.82) is 0 Å². The average Bonchev–Trinajstić information content (AvgIpc) is 2.36. The molecule has 19 heavy (non-hydrogen) atoms. The molecule has 0 spiro atoms. The van der Waals surface area contributed by atoms with Crippen LogP contribution in [0.2, 0.25) is 0 Å². The van der Waals surface area contributed by atoms with E-state index >= 15 is 0 Å². The van der Waals surface area contributed by atoms with E-state index in [4.69, 9.17) is 0 Å². The summed E-state index contributed by atoms with van der Waals surface area (Å²) in [5.41, 5.74) is 3.78. The molecule has 2 rings (SSSR count). The second kappa shape index (κ2) is 6.00. The van der Waals surface area contributed by atoms with E-state index in [0.717, 1.165) is 18.5 Å². The maximum atomic E-state index is 12.0. The summed E-state index contributed by atoms with van der Waals surface area (Å²) in [7, 11) is 0. The summed E-state index contributed by atoms with van der Waals surface area (Å²) in [5, 5.41) is 3.08. The molecule has 0 aliphatic heterocycles. The molecule has 0 unspecified atom stereocenters. The molecule has 1 aliphatic rings. The third kappa shape index (κ3) is 4.27. The number of benzene rings is 1. The molecular formula is C16H23NOS. The maximum Gasteiger partial charge on any atom is 0.234 e. The quantitative estimate of drug-likeness (QED) is 0.903. The molecule has 0 heterocycles. The van der Waals surface area contributed by atoms with E-state index in [-0.39, 0.29) is 10.7 Å². The van der Waals surface area contributed by atoms with Crippen molar-refractivity contribution in [2.75, 3.05) is 11.1 Å². The Balaban J connectivity index is 2.01. The van der Waals surface area contributed by atoms with Gasteiger partial charge < -0.3 is 5.32 Å². The number of fused-ring (bicyclic) bond motifs is 1. The number of amides is 1. The van der Waals surface area contributed by atoms with Crippen LogP contribution >= 0.6 is 11.8 Å². The van der Waals surface area contributed by atoms with Crippen LogP contribution in [0.3, 0.4) is 0 Å². The van der Waals surface area contributed by atoms with Crippen molar-refractivity contribution in [2.24, 2.45) is 0 Å². The van der Waals surface area contributed by atoms with Gasteiger partial charge in [-0.05, 0) is 42.9 Å². The Labute approximate surface area is 120 Å². The normalized spacial score (nSPS) is 14.9. The van der Waals surface area contributed by atoms with Crippen LogP contribution in [0.25, 0.3) is 0 Å². The third-order valence-corrected chi connectivity index (χ3v) is 4.58. The standard InChI is InChI=1S/C16H23NOS/c1-16(2,3)19-11-15(18)17-14-10-6-8-12-7-4-5-9-13(12)14/h6,8,10H,4-5,7,9,11H2,1-3H3,(H,17,18). The number of nitrogens with one attached hydrogen (secondary N) is 1. The van der Waals surface area contributed by atoms with Gasteiger partial charge in [0.05, 0.1) is 5.75 Å². The molecular weight excluding hydrogens is 254 g/mol. The largest absolute Gasteiger partial charge is 0.325 e. The van der Waals surface area contributed by atoms with E-state index in [1.165, 1.54) is 24.0 Å². The summed E-state index contributed by atoms with van der Waals surface area (Å²) < 4.78 is 0.132. The lowest BCUT2D eigenvalue weighted by Crippen LogP contribution is -2.20. The topological polar surface area (TPSA) is 29.1 Å². The molecule has 0 saturated heterocycles. The molecule has 1 aromatic rings. The van der Waals surface area contributed by atoms with Gasteiger partial charge in [-0.2, -0.15) is 0 Å². The van der Waals surface area contributed by atoms with Gasteiger partial charge in [0.25, 0.3) is 0 Å². The van der Waals surface area contributed by atoms with E-state index in [2.05, 4.69) is 38.2 Å².